The summed E-state index contributed by atoms with van der Waals surface area (Å²) in [6.45, 7) is 4.00. The number of nitrogens with two attached hydrogens (primary N) is 1. The minimum absolute atomic E-state index is 0.134. The van der Waals surface area contributed by atoms with E-state index in [9.17, 15) is 14.4 Å². The number of rotatable bonds is 7. The largest absolute Gasteiger partial charge is 0.363 e. The van der Waals surface area contributed by atoms with Gasteiger partial charge in [-0.3, -0.25) is 24.2 Å². The predicted octanol–water partition coefficient (Wildman–Crippen LogP) is 2.39. The van der Waals surface area contributed by atoms with Crippen LogP contribution in [0, 0.1) is 0 Å². The van der Waals surface area contributed by atoms with Crippen LogP contribution in [0.15, 0.2) is 60.8 Å². The molecule has 2 aromatic carbocycles. The minimum Gasteiger partial charge on any atom is -0.363 e. The molecule has 1 atom stereocenters. The third kappa shape index (κ3) is 5.15. The Morgan fingerprint density at radius 1 is 1.03 bits per heavy atom. The summed E-state index contributed by atoms with van der Waals surface area (Å²) in [4.78, 5) is 37.1. The van der Waals surface area contributed by atoms with Crippen LogP contribution >= 0.6 is 0 Å². The second-order valence-electron chi connectivity index (χ2n) is 7.13. The number of aryl methyl sites for hydroxylation is 1. The number of primary amides is 1. The second-order valence-corrected chi connectivity index (χ2v) is 7.13. The Morgan fingerprint density at radius 3 is 2.39 bits per heavy atom. The van der Waals surface area contributed by atoms with Crippen molar-refractivity contribution < 1.29 is 14.4 Å². The Balaban J connectivity index is 0.00000149. The smallest absolute Gasteiger partial charge is 0.287 e. The van der Waals surface area contributed by atoms with Gasteiger partial charge in [0, 0.05) is 25.1 Å². The van der Waals surface area contributed by atoms with Crippen LogP contribution in [-0.4, -0.2) is 43.6 Å². The van der Waals surface area contributed by atoms with Crippen molar-refractivity contribution in [1.29, 1.82) is 0 Å². The number of ketones is 1. The van der Waals surface area contributed by atoms with Gasteiger partial charge in [-0.05, 0) is 11.6 Å². The van der Waals surface area contributed by atoms with E-state index in [-0.39, 0.29) is 12.0 Å². The van der Waals surface area contributed by atoms with Crippen LogP contribution in [0.25, 0.3) is 22.3 Å². The van der Waals surface area contributed by atoms with Gasteiger partial charge >= 0.3 is 0 Å². The maximum Gasteiger partial charge on any atom is 0.287 e. The quantitative estimate of drug-likeness (QED) is 0.375. The Labute approximate surface area is 191 Å². The van der Waals surface area contributed by atoms with Crippen molar-refractivity contribution in [1.82, 2.24) is 25.3 Å². The van der Waals surface area contributed by atoms with Gasteiger partial charge in [-0.15, -0.1) is 0 Å². The zero-order valence-corrected chi connectivity index (χ0v) is 18.7. The van der Waals surface area contributed by atoms with Gasteiger partial charge in [-0.2, -0.15) is 10.2 Å². The van der Waals surface area contributed by atoms with E-state index in [4.69, 9.17) is 5.73 Å². The Morgan fingerprint density at radius 2 is 1.70 bits per heavy atom. The van der Waals surface area contributed by atoms with E-state index in [0.717, 1.165) is 16.5 Å². The molecule has 170 valence electrons. The molecule has 4 aromatic rings. The lowest BCUT2D eigenvalue weighted by atomic mass is 10.0. The zero-order chi connectivity index (χ0) is 24.0. The molecule has 0 radical (unpaired) electrons. The molecule has 33 heavy (non-hydrogen) atoms. The molecular formula is C24H26N6O3. The summed E-state index contributed by atoms with van der Waals surface area (Å²) in [5.74, 6) is -2.52. The van der Waals surface area contributed by atoms with Crippen molar-refractivity contribution >= 4 is 28.5 Å². The molecule has 0 fully saturated rings. The first kappa shape index (κ1) is 23.4. The van der Waals surface area contributed by atoms with Crippen LogP contribution in [-0.2, 0) is 23.1 Å². The lowest BCUT2D eigenvalue weighted by Crippen LogP contribution is -2.47. The van der Waals surface area contributed by atoms with Gasteiger partial charge in [0.15, 0.2) is 0 Å². The van der Waals surface area contributed by atoms with Gasteiger partial charge < -0.3 is 11.1 Å². The summed E-state index contributed by atoms with van der Waals surface area (Å²) in [7, 11) is 1.69. The van der Waals surface area contributed by atoms with E-state index in [1.165, 1.54) is 4.68 Å². The lowest BCUT2D eigenvalue weighted by Gasteiger charge is -2.16. The van der Waals surface area contributed by atoms with Crippen molar-refractivity contribution in [2.24, 2.45) is 12.8 Å². The van der Waals surface area contributed by atoms with Gasteiger partial charge in [-0.25, -0.2) is 0 Å². The molecule has 0 saturated heterocycles. The van der Waals surface area contributed by atoms with E-state index in [1.807, 2.05) is 56.3 Å². The number of nitrogens with one attached hydrogen (secondary N) is 2. The van der Waals surface area contributed by atoms with E-state index < -0.39 is 23.6 Å². The molecule has 2 aromatic heterocycles. The third-order valence-corrected chi connectivity index (χ3v) is 4.92. The molecule has 2 amide bonds. The molecule has 9 nitrogen and oxygen atoms in total. The zero-order valence-electron chi connectivity index (χ0n) is 18.7. The molecule has 9 heteroatoms. The van der Waals surface area contributed by atoms with Crippen molar-refractivity contribution in [2.75, 3.05) is 0 Å². The number of carbonyl (C=O) groups is 3. The van der Waals surface area contributed by atoms with Crippen molar-refractivity contribution in [3.8, 4) is 11.4 Å². The van der Waals surface area contributed by atoms with Crippen LogP contribution < -0.4 is 11.1 Å². The minimum atomic E-state index is -1.11. The summed E-state index contributed by atoms with van der Waals surface area (Å²) >= 11 is 0. The number of amides is 2. The SMILES string of the molecule is CC.Cn1cc(C(=O)NC(Cc2ccccc2)C(=O)C(N)=O)c(-c2n[nH]c3ccccc23)n1. The molecular weight excluding hydrogens is 420 g/mol. The number of hydrogen-bond acceptors (Lipinski definition) is 5. The molecule has 0 spiro atoms. The number of fused-ring (bicyclic) bond motifs is 1. The van der Waals surface area contributed by atoms with Crippen molar-refractivity contribution in [3.63, 3.8) is 0 Å². The Bertz CT molecular complexity index is 1280. The van der Waals surface area contributed by atoms with Crippen LogP contribution in [0.5, 0.6) is 0 Å². The molecule has 0 aliphatic rings. The van der Waals surface area contributed by atoms with Crippen LogP contribution in [0.2, 0.25) is 0 Å². The first-order valence-corrected chi connectivity index (χ1v) is 10.6. The highest BCUT2D eigenvalue weighted by Gasteiger charge is 2.28. The summed E-state index contributed by atoms with van der Waals surface area (Å²) in [5, 5.41) is 15.1. The number of hydrogen-bond donors (Lipinski definition) is 3. The number of benzene rings is 2. The number of nitrogens with zero attached hydrogens (tertiary/aromatic N) is 3. The first-order chi connectivity index (χ1) is 15.9. The number of aromatic amines is 1. The third-order valence-electron chi connectivity index (χ3n) is 4.92. The lowest BCUT2D eigenvalue weighted by molar-refractivity contribution is -0.137. The highest BCUT2D eigenvalue weighted by atomic mass is 16.2. The van der Waals surface area contributed by atoms with Gasteiger partial charge in [0.05, 0.1) is 11.1 Å². The normalized spacial score (nSPS) is 11.4. The molecule has 1 unspecified atom stereocenters. The van der Waals surface area contributed by atoms with E-state index in [0.29, 0.717) is 11.4 Å². The Hall–Kier alpha value is -4.27. The molecule has 0 bridgehead atoms. The van der Waals surface area contributed by atoms with E-state index in [1.54, 1.807) is 25.4 Å². The van der Waals surface area contributed by atoms with E-state index in [2.05, 4.69) is 20.6 Å². The molecule has 0 aliphatic heterocycles. The van der Waals surface area contributed by atoms with Gasteiger partial charge in [-0.1, -0.05) is 62.4 Å². The fraction of sp³-hybridized carbons (Fsp3) is 0.208. The molecule has 4 rings (SSSR count). The number of H-pyrrole nitrogens is 1. The highest BCUT2D eigenvalue weighted by molar-refractivity contribution is 6.38. The average Bonchev–Trinajstić information content (AvgIpc) is 3.43. The maximum absolute atomic E-state index is 13.1. The number of carbonyl (C=O) groups excluding carboxylic acids is 3. The first-order valence-electron chi connectivity index (χ1n) is 10.6. The molecule has 4 N–H and O–H groups in total. The van der Waals surface area contributed by atoms with Crippen LogP contribution in [0.3, 0.4) is 0 Å². The average molecular weight is 447 g/mol. The number of Topliss-reactive ketones (excluding diaryl/α,β-unsaturated/α-hetero) is 1. The summed E-state index contributed by atoms with van der Waals surface area (Å²) in [6.07, 6.45) is 1.68. The fourth-order valence-electron chi connectivity index (χ4n) is 3.44. The molecule has 0 aliphatic carbocycles. The van der Waals surface area contributed by atoms with Crippen LogP contribution in [0.1, 0.15) is 29.8 Å². The summed E-state index contributed by atoms with van der Waals surface area (Å²) in [5.41, 5.74) is 7.91. The molecule has 2 heterocycles. The standard InChI is InChI=1S/C22H20N6O3.C2H6/c1-28-12-15(19(27-28)18-14-9-5-6-10-16(14)25-26-18)22(31)24-17(20(29)21(23)30)11-13-7-3-2-4-8-13;1-2/h2-10,12,17H,11H2,1H3,(H2,23,30)(H,24,31)(H,25,26);1-2H3. The number of para-hydroxylation sites is 1. The van der Waals surface area contributed by atoms with Gasteiger partial charge in [0.25, 0.3) is 11.8 Å². The van der Waals surface area contributed by atoms with E-state index >= 15 is 0 Å². The summed E-state index contributed by atoms with van der Waals surface area (Å²) in [6, 6.07) is 15.5. The monoisotopic (exact) mass is 446 g/mol. The predicted molar refractivity (Wildman–Crippen MR) is 125 cm³/mol. The van der Waals surface area contributed by atoms with Crippen molar-refractivity contribution in [2.45, 2.75) is 26.3 Å². The van der Waals surface area contributed by atoms with Gasteiger partial charge in [0.1, 0.15) is 17.4 Å². The maximum atomic E-state index is 13.1. The fourth-order valence-corrected chi connectivity index (χ4v) is 3.44. The molecule has 0 saturated carbocycles. The second kappa shape index (κ2) is 10.4. The van der Waals surface area contributed by atoms with Gasteiger partial charge in [0.2, 0.25) is 5.78 Å². The highest BCUT2D eigenvalue weighted by Crippen LogP contribution is 2.27. The Kier molecular flexibility index (Phi) is 7.34. The van der Waals surface area contributed by atoms with Crippen LogP contribution in [0.4, 0.5) is 0 Å². The topological polar surface area (TPSA) is 136 Å². The number of aromatic nitrogens is 4. The summed E-state index contributed by atoms with van der Waals surface area (Å²) < 4.78 is 1.50. The van der Waals surface area contributed by atoms with Crippen molar-refractivity contribution in [3.05, 3.63) is 71.9 Å².